The van der Waals surface area contributed by atoms with Gasteiger partial charge in [-0.2, -0.15) is 0 Å². The molecule has 0 N–H and O–H groups in total. The minimum atomic E-state index is 0.0764. The lowest BCUT2D eigenvalue weighted by molar-refractivity contribution is 0.0128. The third-order valence-corrected chi connectivity index (χ3v) is 3.87. The van der Waals surface area contributed by atoms with Crippen LogP contribution in [0, 0.1) is 13.8 Å². The Kier molecular flexibility index (Phi) is 4.59. The molecule has 0 radical (unpaired) electrons. The fraction of sp³-hybridized carbons (Fsp3) is 0.562. The van der Waals surface area contributed by atoms with Gasteiger partial charge in [-0.25, -0.2) is 0 Å². The lowest BCUT2D eigenvalue weighted by Gasteiger charge is -2.22. The van der Waals surface area contributed by atoms with E-state index in [1.165, 1.54) is 0 Å². The molecule has 0 saturated carbocycles. The molecule has 3 heteroatoms. The lowest BCUT2D eigenvalue weighted by atomic mass is 9.96. The minimum Gasteiger partial charge on any atom is -0.496 e. The number of hydrogen-bond donors (Lipinski definition) is 0. The number of carbonyl (C=O) groups excluding carboxylic acids is 1. The van der Waals surface area contributed by atoms with Gasteiger partial charge in [0.1, 0.15) is 5.75 Å². The number of hydrogen-bond acceptors (Lipinski definition) is 3. The molecule has 1 aliphatic heterocycles. The highest BCUT2D eigenvalue weighted by molar-refractivity contribution is 5.99. The second-order valence-electron chi connectivity index (χ2n) is 5.20. The largest absolute Gasteiger partial charge is 0.496 e. The second-order valence-corrected chi connectivity index (χ2v) is 5.20. The molecule has 1 aliphatic rings. The molecular formula is C16H22O3. The SMILES string of the molecule is COc1c(C(=O)CC2CCCCO2)ccc(C)c1C. The van der Waals surface area contributed by atoms with Gasteiger partial charge in [-0.15, -0.1) is 0 Å². The van der Waals surface area contributed by atoms with E-state index in [1.807, 2.05) is 26.0 Å². The molecule has 2 rings (SSSR count). The van der Waals surface area contributed by atoms with E-state index in [1.54, 1.807) is 7.11 Å². The Morgan fingerprint density at radius 1 is 1.37 bits per heavy atom. The van der Waals surface area contributed by atoms with Crippen molar-refractivity contribution in [2.24, 2.45) is 0 Å². The molecule has 0 spiro atoms. The Balaban J connectivity index is 2.16. The van der Waals surface area contributed by atoms with Crippen LogP contribution in [0.5, 0.6) is 5.75 Å². The van der Waals surface area contributed by atoms with Crippen molar-refractivity contribution in [3.8, 4) is 5.75 Å². The topological polar surface area (TPSA) is 35.5 Å². The summed E-state index contributed by atoms with van der Waals surface area (Å²) in [7, 11) is 1.62. The van der Waals surface area contributed by atoms with Crippen molar-refractivity contribution in [3.63, 3.8) is 0 Å². The van der Waals surface area contributed by atoms with Crippen molar-refractivity contribution in [2.45, 2.75) is 45.6 Å². The highest BCUT2D eigenvalue weighted by Crippen LogP contribution is 2.28. The summed E-state index contributed by atoms with van der Waals surface area (Å²) in [5, 5.41) is 0. The Bertz CT molecular complexity index is 459. The molecule has 3 nitrogen and oxygen atoms in total. The van der Waals surface area contributed by atoms with Crippen molar-refractivity contribution in [2.75, 3.05) is 13.7 Å². The number of ether oxygens (including phenoxy) is 2. The zero-order chi connectivity index (χ0) is 13.8. The molecule has 1 aromatic carbocycles. The third kappa shape index (κ3) is 3.16. The predicted molar refractivity (Wildman–Crippen MR) is 75.0 cm³/mol. The summed E-state index contributed by atoms with van der Waals surface area (Å²) in [5.41, 5.74) is 2.86. The number of benzene rings is 1. The molecule has 1 fully saturated rings. The number of ketones is 1. The van der Waals surface area contributed by atoms with Crippen molar-refractivity contribution >= 4 is 5.78 Å². The van der Waals surface area contributed by atoms with Gasteiger partial charge in [0, 0.05) is 13.0 Å². The van der Waals surface area contributed by atoms with Crippen LogP contribution < -0.4 is 4.74 Å². The molecule has 1 heterocycles. The number of rotatable bonds is 4. The quantitative estimate of drug-likeness (QED) is 0.780. The smallest absolute Gasteiger partial charge is 0.169 e. The lowest BCUT2D eigenvalue weighted by Crippen LogP contribution is -2.22. The van der Waals surface area contributed by atoms with Crippen molar-refractivity contribution in [1.29, 1.82) is 0 Å². The number of Topliss-reactive ketones (excluding diaryl/α,β-unsaturated/α-hetero) is 1. The van der Waals surface area contributed by atoms with E-state index in [-0.39, 0.29) is 11.9 Å². The van der Waals surface area contributed by atoms with Crippen LogP contribution in [0.15, 0.2) is 12.1 Å². The number of carbonyl (C=O) groups is 1. The first-order valence-corrected chi connectivity index (χ1v) is 6.92. The maximum absolute atomic E-state index is 12.4. The maximum Gasteiger partial charge on any atom is 0.169 e. The van der Waals surface area contributed by atoms with Gasteiger partial charge in [0.15, 0.2) is 5.78 Å². The molecular weight excluding hydrogens is 240 g/mol. The normalized spacial score (nSPS) is 19.2. The van der Waals surface area contributed by atoms with Crippen LogP contribution in [-0.4, -0.2) is 25.6 Å². The summed E-state index contributed by atoms with van der Waals surface area (Å²) in [6.07, 6.45) is 3.78. The van der Waals surface area contributed by atoms with Crippen molar-refractivity contribution in [1.82, 2.24) is 0 Å². The molecule has 19 heavy (non-hydrogen) atoms. The van der Waals surface area contributed by atoms with E-state index in [2.05, 4.69) is 0 Å². The average molecular weight is 262 g/mol. The van der Waals surface area contributed by atoms with Gasteiger partial charge in [0.25, 0.3) is 0 Å². The average Bonchev–Trinajstić information content (AvgIpc) is 2.42. The first kappa shape index (κ1) is 14.1. The number of aryl methyl sites for hydroxylation is 1. The van der Waals surface area contributed by atoms with E-state index in [9.17, 15) is 4.79 Å². The van der Waals surface area contributed by atoms with Gasteiger partial charge >= 0.3 is 0 Å². The maximum atomic E-state index is 12.4. The zero-order valence-electron chi connectivity index (χ0n) is 12.0. The van der Waals surface area contributed by atoms with E-state index < -0.39 is 0 Å². The Morgan fingerprint density at radius 2 is 2.16 bits per heavy atom. The molecule has 1 saturated heterocycles. The molecule has 104 valence electrons. The minimum absolute atomic E-state index is 0.0764. The highest BCUT2D eigenvalue weighted by Gasteiger charge is 2.21. The third-order valence-electron chi connectivity index (χ3n) is 3.87. The summed E-state index contributed by atoms with van der Waals surface area (Å²) in [6, 6.07) is 3.85. The first-order valence-electron chi connectivity index (χ1n) is 6.92. The van der Waals surface area contributed by atoms with E-state index in [4.69, 9.17) is 9.47 Å². The molecule has 0 amide bonds. The summed E-state index contributed by atoms with van der Waals surface area (Å²) in [6.45, 7) is 4.79. The summed E-state index contributed by atoms with van der Waals surface area (Å²) < 4.78 is 11.0. The van der Waals surface area contributed by atoms with Gasteiger partial charge in [-0.1, -0.05) is 6.07 Å². The van der Waals surface area contributed by atoms with Crippen LogP contribution in [0.25, 0.3) is 0 Å². The van der Waals surface area contributed by atoms with Crippen molar-refractivity contribution < 1.29 is 14.3 Å². The van der Waals surface area contributed by atoms with Crippen LogP contribution in [0.4, 0.5) is 0 Å². The van der Waals surface area contributed by atoms with Crippen molar-refractivity contribution in [3.05, 3.63) is 28.8 Å². The summed E-state index contributed by atoms with van der Waals surface area (Å²) in [4.78, 5) is 12.4. The Hall–Kier alpha value is -1.35. The predicted octanol–water partition coefficient (Wildman–Crippen LogP) is 3.45. The standard InChI is InChI=1S/C16H22O3/c1-11-7-8-14(16(18-3)12(11)2)15(17)10-13-6-4-5-9-19-13/h7-8,13H,4-6,9-10H2,1-3H3. The van der Waals surface area contributed by atoms with Gasteiger partial charge < -0.3 is 9.47 Å². The second kappa shape index (κ2) is 6.20. The monoisotopic (exact) mass is 262 g/mol. The number of methoxy groups -OCH3 is 1. The molecule has 0 aliphatic carbocycles. The first-order chi connectivity index (χ1) is 9.13. The van der Waals surface area contributed by atoms with E-state index in [0.29, 0.717) is 17.7 Å². The van der Waals surface area contributed by atoms with Crippen LogP contribution >= 0.6 is 0 Å². The van der Waals surface area contributed by atoms with Crippen LogP contribution in [0.1, 0.15) is 47.2 Å². The molecule has 1 atom stereocenters. The molecule has 1 aromatic rings. The Labute approximate surface area is 114 Å². The Morgan fingerprint density at radius 3 is 2.79 bits per heavy atom. The molecule has 0 bridgehead atoms. The van der Waals surface area contributed by atoms with Crippen LogP contribution in [0.2, 0.25) is 0 Å². The van der Waals surface area contributed by atoms with Gasteiger partial charge in [-0.05, 0) is 50.3 Å². The summed E-state index contributed by atoms with van der Waals surface area (Å²) in [5.74, 6) is 0.827. The van der Waals surface area contributed by atoms with Crippen LogP contribution in [0.3, 0.4) is 0 Å². The molecule has 1 unspecified atom stereocenters. The van der Waals surface area contributed by atoms with Gasteiger partial charge in [0.2, 0.25) is 0 Å². The fourth-order valence-corrected chi connectivity index (χ4v) is 2.56. The highest BCUT2D eigenvalue weighted by atomic mass is 16.5. The van der Waals surface area contributed by atoms with Gasteiger partial charge in [-0.3, -0.25) is 4.79 Å². The van der Waals surface area contributed by atoms with Gasteiger partial charge in [0.05, 0.1) is 18.8 Å². The molecule has 0 aromatic heterocycles. The van der Waals surface area contributed by atoms with Crippen LogP contribution in [-0.2, 0) is 4.74 Å². The van der Waals surface area contributed by atoms with E-state index >= 15 is 0 Å². The summed E-state index contributed by atoms with van der Waals surface area (Å²) >= 11 is 0. The zero-order valence-corrected chi connectivity index (χ0v) is 12.0. The fourth-order valence-electron chi connectivity index (χ4n) is 2.56. The van der Waals surface area contributed by atoms with E-state index in [0.717, 1.165) is 37.0 Å².